The Balaban J connectivity index is 2.99. The third kappa shape index (κ3) is 4.29. The van der Waals surface area contributed by atoms with E-state index in [1.54, 1.807) is 26.0 Å². The van der Waals surface area contributed by atoms with Gasteiger partial charge in [-0.3, -0.25) is 4.79 Å². The lowest BCUT2D eigenvalue weighted by atomic mass is 10.4. The van der Waals surface area contributed by atoms with Gasteiger partial charge in [0.05, 0.1) is 11.4 Å². The van der Waals surface area contributed by atoms with E-state index in [-0.39, 0.29) is 23.9 Å². The molecule has 0 heterocycles. The standard InChI is InChI=1S/C12H17BrN2O3S/c1-3-14-12(16)9-15(4-2)19(17,18)11-7-5-6-10(13)8-11/h5-8H,3-4,9H2,1-2H3,(H,14,16). The number of benzene rings is 1. The van der Waals surface area contributed by atoms with Gasteiger partial charge in [0.1, 0.15) is 0 Å². The van der Waals surface area contributed by atoms with Crippen LogP contribution in [0.1, 0.15) is 13.8 Å². The molecular formula is C12H17BrN2O3S. The SMILES string of the molecule is CCNC(=O)CN(CC)S(=O)(=O)c1cccc(Br)c1. The highest BCUT2D eigenvalue weighted by Crippen LogP contribution is 2.19. The minimum atomic E-state index is -3.64. The van der Waals surface area contributed by atoms with Crippen LogP contribution in [0.5, 0.6) is 0 Å². The second kappa shape index (κ2) is 7.02. The van der Waals surface area contributed by atoms with E-state index in [0.717, 1.165) is 4.31 Å². The maximum Gasteiger partial charge on any atom is 0.243 e. The average molecular weight is 349 g/mol. The molecule has 7 heteroatoms. The molecule has 0 unspecified atom stereocenters. The van der Waals surface area contributed by atoms with Crippen molar-refractivity contribution in [2.75, 3.05) is 19.6 Å². The van der Waals surface area contributed by atoms with Gasteiger partial charge in [-0.2, -0.15) is 4.31 Å². The number of hydrogen-bond acceptors (Lipinski definition) is 3. The molecule has 1 N–H and O–H groups in total. The van der Waals surface area contributed by atoms with Crippen molar-refractivity contribution >= 4 is 31.9 Å². The Morgan fingerprint density at radius 3 is 2.58 bits per heavy atom. The second-order valence-corrected chi connectivity index (χ2v) is 6.70. The second-order valence-electron chi connectivity index (χ2n) is 3.84. The fourth-order valence-electron chi connectivity index (χ4n) is 1.56. The van der Waals surface area contributed by atoms with Crippen LogP contribution in [0.4, 0.5) is 0 Å². The summed E-state index contributed by atoms with van der Waals surface area (Å²) < 4.78 is 26.6. The Morgan fingerprint density at radius 2 is 2.05 bits per heavy atom. The number of amides is 1. The van der Waals surface area contributed by atoms with Gasteiger partial charge in [0.25, 0.3) is 0 Å². The molecule has 0 spiro atoms. The van der Waals surface area contributed by atoms with E-state index in [1.165, 1.54) is 12.1 Å². The van der Waals surface area contributed by atoms with Crippen molar-refractivity contribution in [1.82, 2.24) is 9.62 Å². The molecule has 1 aromatic rings. The molecule has 5 nitrogen and oxygen atoms in total. The lowest BCUT2D eigenvalue weighted by Crippen LogP contribution is -2.40. The molecule has 0 saturated heterocycles. The summed E-state index contributed by atoms with van der Waals surface area (Å²) in [6, 6.07) is 6.44. The summed E-state index contributed by atoms with van der Waals surface area (Å²) in [6.45, 7) is 4.05. The highest BCUT2D eigenvalue weighted by molar-refractivity contribution is 9.10. The van der Waals surface area contributed by atoms with Crippen LogP contribution in [0.3, 0.4) is 0 Å². The lowest BCUT2D eigenvalue weighted by molar-refractivity contribution is -0.121. The molecule has 19 heavy (non-hydrogen) atoms. The van der Waals surface area contributed by atoms with Crippen LogP contribution in [0.15, 0.2) is 33.6 Å². The topological polar surface area (TPSA) is 66.5 Å². The van der Waals surface area contributed by atoms with E-state index in [9.17, 15) is 13.2 Å². The quantitative estimate of drug-likeness (QED) is 0.848. The van der Waals surface area contributed by atoms with Gasteiger partial charge in [0, 0.05) is 17.6 Å². The number of nitrogens with zero attached hydrogens (tertiary/aromatic N) is 1. The molecule has 0 aliphatic carbocycles. The Morgan fingerprint density at radius 1 is 1.37 bits per heavy atom. The minimum Gasteiger partial charge on any atom is -0.355 e. The molecule has 0 bridgehead atoms. The summed E-state index contributed by atoms with van der Waals surface area (Å²) >= 11 is 3.24. The number of nitrogens with one attached hydrogen (secondary N) is 1. The smallest absolute Gasteiger partial charge is 0.243 e. The van der Waals surface area contributed by atoms with Crippen LogP contribution in [0.2, 0.25) is 0 Å². The zero-order valence-corrected chi connectivity index (χ0v) is 13.3. The summed E-state index contributed by atoms with van der Waals surface area (Å²) in [6.07, 6.45) is 0. The van der Waals surface area contributed by atoms with Gasteiger partial charge in [0.15, 0.2) is 0 Å². The number of carbonyl (C=O) groups excluding carboxylic acids is 1. The van der Waals surface area contributed by atoms with Crippen LogP contribution in [-0.2, 0) is 14.8 Å². The first-order valence-electron chi connectivity index (χ1n) is 5.94. The van der Waals surface area contributed by atoms with Crippen molar-refractivity contribution < 1.29 is 13.2 Å². The minimum absolute atomic E-state index is 0.167. The zero-order valence-electron chi connectivity index (χ0n) is 10.9. The predicted molar refractivity (Wildman–Crippen MR) is 77.3 cm³/mol. The largest absolute Gasteiger partial charge is 0.355 e. The van der Waals surface area contributed by atoms with Crippen molar-refractivity contribution in [3.05, 3.63) is 28.7 Å². The van der Waals surface area contributed by atoms with E-state index in [4.69, 9.17) is 0 Å². The van der Waals surface area contributed by atoms with Crippen molar-refractivity contribution in [2.45, 2.75) is 18.7 Å². The molecule has 0 fully saturated rings. The zero-order chi connectivity index (χ0) is 14.5. The average Bonchev–Trinajstić information content (AvgIpc) is 2.36. The third-order valence-corrected chi connectivity index (χ3v) is 4.89. The first kappa shape index (κ1) is 16.1. The number of likely N-dealkylation sites (N-methyl/N-ethyl adjacent to an activating group) is 2. The van der Waals surface area contributed by atoms with Crippen LogP contribution in [0.25, 0.3) is 0 Å². The number of carbonyl (C=O) groups is 1. The summed E-state index contributed by atoms with van der Waals surface area (Å²) in [5.74, 6) is -0.303. The summed E-state index contributed by atoms with van der Waals surface area (Å²) in [5, 5.41) is 2.59. The lowest BCUT2D eigenvalue weighted by Gasteiger charge is -2.20. The number of sulfonamides is 1. The Hall–Kier alpha value is -0.920. The van der Waals surface area contributed by atoms with Gasteiger partial charge < -0.3 is 5.32 Å². The van der Waals surface area contributed by atoms with Crippen LogP contribution in [0, 0.1) is 0 Å². The molecule has 0 aromatic heterocycles. The van der Waals surface area contributed by atoms with E-state index in [1.807, 2.05) is 0 Å². The van der Waals surface area contributed by atoms with Crippen LogP contribution >= 0.6 is 15.9 Å². The van der Waals surface area contributed by atoms with Gasteiger partial charge in [-0.1, -0.05) is 28.9 Å². The maximum absolute atomic E-state index is 12.4. The highest BCUT2D eigenvalue weighted by Gasteiger charge is 2.25. The van der Waals surface area contributed by atoms with E-state index < -0.39 is 10.0 Å². The molecule has 106 valence electrons. The van der Waals surface area contributed by atoms with Gasteiger partial charge in [-0.05, 0) is 25.1 Å². The monoisotopic (exact) mass is 348 g/mol. The van der Waals surface area contributed by atoms with Crippen LogP contribution in [-0.4, -0.2) is 38.3 Å². The van der Waals surface area contributed by atoms with Crippen molar-refractivity contribution in [1.29, 1.82) is 0 Å². The number of halogens is 1. The maximum atomic E-state index is 12.4. The van der Waals surface area contributed by atoms with Gasteiger partial charge >= 0.3 is 0 Å². The molecule has 0 atom stereocenters. The van der Waals surface area contributed by atoms with Crippen molar-refractivity contribution in [2.24, 2.45) is 0 Å². The summed E-state index contributed by atoms with van der Waals surface area (Å²) in [4.78, 5) is 11.7. The van der Waals surface area contributed by atoms with E-state index in [2.05, 4.69) is 21.2 Å². The summed E-state index contributed by atoms with van der Waals surface area (Å²) in [7, 11) is -3.64. The Bertz CT molecular complexity index is 546. The third-order valence-electron chi connectivity index (χ3n) is 2.48. The molecule has 1 amide bonds. The molecule has 0 aliphatic rings. The normalized spacial score (nSPS) is 11.6. The van der Waals surface area contributed by atoms with Gasteiger partial charge in [-0.25, -0.2) is 8.42 Å². The molecule has 1 aromatic carbocycles. The molecule has 1 rings (SSSR count). The fraction of sp³-hybridized carbons (Fsp3) is 0.417. The number of hydrogen-bond donors (Lipinski definition) is 1. The van der Waals surface area contributed by atoms with E-state index in [0.29, 0.717) is 11.0 Å². The van der Waals surface area contributed by atoms with Crippen LogP contribution < -0.4 is 5.32 Å². The first-order chi connectivity index (χ1) is 8.91. The molecular weight excluding hydrogens is 332 g/mol. The Kier molecular flexibility index (Phi) is 5.96. The van der Waals surface area contributed by atoms with Crippen molar-refractivity contribution in [3.8, 4) is 0 Å². The predicted octanol–water partition coefficient (Wildman–Crippen LogP) is 1.60. The van der Waals surface area contributed by atoms with Crippen molar-refractivity contribution in [3.63, 3.8) is 0 Å². The highest BCUT2D eigenvalue weighted by atomic mass is 79.9. The van der Waals surface area contributed by atoms with Gasteiger partial charge in [-0.15, -0.1) is 0 Å². The number of rotatable bonds is 6. The summed E-state index contributed by atoms with van der Waals surface area (Å²) in [5.41, 5.74) is 0. The molecule has 0 saturated carbocycles. The molecule has 0 radical (unpaired) electrons. The van der Waals surface area contributed by atoms with E-state index >= 15 is 0 Å². The Labute approximate surface area is 122 Å². The first-order valence-corrected chi connectivity index (χ1v) is 8.17. The fourth-order valence-corrected chi connectivity index (χ4v) is 3.56. The van der Waals surface area contributed by atoms with Gasteiger partial charge in [0.2, 0.25) is 15.9 Å². The molecule has 0 aliphatic heterocycles.